The molecule has 1 heterocycles. The lowest BCUT2D eigenvalue weighted by Crippen LogP contribution is -2.39. The molecule has 0 saturated heterocycles. The van der Waals surface area contributed by atoms with Crippen molar-refractivity contribution in [3.05, 3.63) is 29.3 Å². The molecule has 0 aromatic heterocycles. The first kappa shape index (κ1) is 16.0. The molecule has 1 aromatic rings. The summed E-state index contributed by atoms with van der Waals surface area (Å²) in [5.41, 5.74) is 1.97. The van der Waals surface area contributed by atoms with Gasteiger partial charge in [0.05, 0.1) is 24.5 Å². The van der Waals surface area contributed by atoms with Crippen molar-refractivity contribution in [3.63, 3.8) is 0 Å². The summed E-state index contributed by atoms with van der Waals surface area (Å²) >= 11 is 0. The van der Waals surface area contributed by atoms with E-state index in [1.54, 1.807) is 0 Å². The largest absolute Gasteiger partial charge is 0.389 e. The van der Waals surface area contributed by atoms with Crippen LogP contribution >= 0.6 is 0 Å². The SMILES string of the molecule is CC(NC(=O)CC1(O)CCCCC1)c1ccc2c(c1)CC(=O)N2. The number of carbonyl (C=O) groups excluding carboxylic acids is 2. The molecule has 1 atom stereocenters. The average Bonchev–Trinajstić information content (AvgIpc) is 2.86. The molecule has 3 N–H and O–H groups in total. The maximum atomic E-state index is 12.2. The van der Waals surface area contributed by atoms with Gasteiger partial charge in [0.2, 0.25) is 11.8 Å². The lowest BCUT2D eigenvalue weighted by Gasteiger charge is -2.31. The molecule has 124 valence electrons. The number of fused-ring (bicyclic) bond motifs is 1. The van der Waals surface area contributed by atoms with Gasteiger partial charge in [-0.25, -0.2) is 0 Å². The third-order valence-electron chi connectivity index (χ3n) is 4.91. The van der Waals surface area contributed by atoms with Gasteiger partial charge in [0.25, 0.3) is 0 Å². The van der Waals surface area contributed by atoms with E-state index in [0.717, 1.165) is 36.1 Å². The summed E-state index contributed by atoms with van der Waals surface area (Å²) < 4.78 is 0. The van der Waals surface area contributed by atoms with Crippen molar-refractivity contribution in [2.24, 2.45) is 0 Å². The summed E-state index contributed by atoms with van der Waals surface area (Å²) in [4.78, 5) is 23.7. The number of benzene rings is 1. The highest BCUT2D eigenvalue weighted by atomic mass is 16.3. The number of carbonyl (C=O) groups is 2. The summed E-state index contributed by atoms with van der Waals surface area (Å²) in [6, 6.07) is 5.63. The van der Waals surface area contributed by atoms with Crippen molar-refractivity contribution in [2.75, 3.05) is 5.32 Å². The van der Waals surface area contributed by atoms with Gasteiger partial charge >= 0.3 is 0 Å². The van der Waals surface area contributed by atoms with Crippen molar-refractivity contribution in [1.29, 1.82) is 0 Å². The zero-order valence-electron chi connectivity index (χ0n) is 13.5. The minimum Gasteiger partial charge on any atom is -0.389 e. The molecule has 0 bridgehead atoms. The van der Waals surface area contributed by atoms with Crippen LogP contribution in [0.3, 0.4) is 0 Å². The standard InChI is InChI=1S/C18H24N2O3/c1-12(13-5-6-15-14(9-13)10-16(21)20-15)19-17(22)11-18(23)7-3-2-4-8-18/h5-6,9,12,23H,2-4,7-8,10-11H2,1H3,(H,19,22)(H,20,21). The molecular formula is C18H24N2O3. The predicted octanol–water partition coefficient (Wildman–Crippen LogP) is 2.44. The second-order valence-corrected chi connectivity index (χ2v) is 6.89. The Morgan fingerprint density at radius 1 is 1.35 bits per heavy atom. The van der Waals surface area contributed by atoms with E-state index in [-0.39, 0.29) is 24.3 Å². The Bertz CT molecular complexity index is 621. The Balaban J connectivity index is 1.60. The monoisotopic (exact) mass is 316 g/mol. The van der Waals surface area contributed by atoms with Crippen LogP contribution in [0.1, 0.15) is 62.6 Å². The number of hydrogen-bond donors (Lipinski definition) is 3. The fourth-order valence-corrected chi connectivity index (χ4v) is 3.58. The molecule has 2 aliphatic rings. The van der Waals surface area contributed by atoms with Gasteiger partial charge in [0.1, 0.15) is 0 Å². The number of anilines is 1. The molecule has 1 saturated carbocycles. The molecule has 5 heteroatoms. The fourth-order valence-electron chi connectivity index (χ4n) is 3.58. The summed E-state index contributed by atoms with van der Waals surface area (Å²) in [5.74, 6) is -0.107. The van der Waals surface area contributed by atoms with Crippen molar-refractivity contribution in [2.45, 2.75) is 63.5 Å². The van der Waals surface area contributed by atoms with E-state index < -0.39 is 5.60 Å². The number of amides is 2. The van der Waals surface area contributed by atoms with Crippen molar-refractivity contribution < 1.29 is 14.7 Å². The molecule has 0 spiro atoms. The van der Waals surface area contributed by atoms with Gasteiger partial charge in [-0.2, -0.15) is 0 Å². The van der Waals surface area contributed by atoms with Gasteiger partial charge in [-0.05, 0) is 37.0 Å². The lowest BCUT2D eigenvalue weighted by molar-refractivity contribution is -0.128. The summed E-state index contributed by atoms with van der Waals surface area (Å²) in [6.07, 6.45) is 5.10. The molecule has 23 heavy (non-hydrogen) atoms. The van der Waals surface area contributed by atoms with Crippen LogP contribution < -0.4 is 10.6 Å². The van der Waals surface area contributed by atoms with Gasteiger partial charge in [0.15, 0.2) is 0 Å². The van der Waals surface area contributed by atoms with Crippen molar-refractivity contribution in [1.82, 2.24) is 5.32 Å². The van der Waals surface area contributed by atoms with E-state index in [4.69, 9.17) is 0 Å². The molecule has 1 aromatic carbocycles. The van der Waals surface area contributed by atoms with Crippen LogP contribution in [0.25, 0.3) is 0 Å². The highest BCUT2D eigenvalue weighted by Gasteiger charge is 2.32. The second-order valence-electron chi connectivity index (χ2n) is 6.89. The van der Waals surface area contributed by atoms with Crippen molar-refractivity contribution in [3.8, 4) is 0 Å². The van der Waals surface area contributed by atoms with Gasteiger partial charge in [-0.3, -0.25) is 9.59 Å². The van der Waals surface area contributed by atoms with Gasteiger partial charge in [-0.15, -0.1) is 0 Å². The van der Waals surface area contributed by atoms with E-state index in [1.165, 1.54) is 0 Å². The predicted molar refractivity (Wildman–Crippen MR) is 88.0 cm³/mol. The van der Waals surface area contributed by atoms with Crippen LogP contribution in [0.5, 0.6) is 0 Å². The smallest absolute Gasteiger partial charge is 0.228 e. The molecule has 1 aliphatic carbocycles. The van der Waals surface area contributed by atoms with E-state index in [9.17, 15) is 14.7 Å². The number of hydrogen-bond acceptors (Lipinski definition) is 3. The van der Waals surface area contributed by atoms with E-state index >= 15 is 0 Å². The number of rotatable bonds is 4. The van der Waals surface area contributed by atoms with Crippen molar-refractivity contribution >= 4 is 17.5 Å². The first-order chi connectivity index (χ1) is 11.0. The Morgan fingerprint density at radius 2 is 2.09 bits per heavy atom. The first-order valence-electron chi connectivity index (χ1n) is 8.40. The maximum Gasteiger partial charge on any atom is 0.228 e. The van der Waals surface area contributed by atoms with Crippen LogP contribution in [0.15, 0.2) is 18.2 Å². The number of nitrogens with one attached hydrogen (secondary N) is 2. The molecule has 2 amide bonds. The van der Waals surface area contributed by atoms with Gasteiger partial charge in [-0.1, -0.05) is 31.4 Å². The van der Waals surface area contributed by atoms with Gasteiger partial charge < -0.3 is 15.7 Å². The highest BCUT2D eigenvalue weighted by molar-refractivity contribution is 5.99. The molecular weight excluding hydrogens is 292 g/mol. The third-order valence-corrected chi connectivity index (χ3v) is 4.91. The van der Waals surface area contributed by atoms with Crippen LogP contribution in [0, 0.1) is 0 Å². The van der Waals surface area contributed by atoms with Gasteiger partial charge in [0, 0.05) is 5.69 Å². The lowest BCUT2D eigenvalue weighted by atomic mass is 9.82. The van der Waals surface area contributed by atoms with Crippen LogP contribution in [-0.2, 0) is 16.0 Å². The number of aliphatic hydroxyl groups is 1. The molecule has 1 aliphatic heterocycles. The third kappa shape index (κ3) is 3.72. The highest BCUT2D eigenvalue weighted by Crippen LogP contribution is 2.31. The van der Waals surface area contributed by atoms with Crippen LogP contribution in [0.2, 0.25) is 0 Å². The quantitative estimate of drug-likeness (QED) is 0.798. The van der Waals surface area contributed by atoms with Crippen LogP contribution in [0.4, 0.5) is 5.69 Å². The molecule has 1 unspecified atom stereocenters. The molecule has 5 nitrogen and oxygen atoms in total. The molecule has 1 fully saturated rings. The van der Waals surface area contributed by atoms with E-state index in [2.05, 4.69) is 10.6 Å². The Hall–Kier alpha value is -1.88. The second kappa shape index (κ2) is 6.32. The normalized spacial score (nSPS) is 20.5. The topological polar surface area (TPSA) is 78.4 Å². The first-order valence-corrected chi connectivity index (χ1v) is 8.40. The Kier molecular flexibility index (Phi) is 4.39. The fraction of sp³-hybridized carbons (Fsp3) is 0.556. The van der Waals surface area contributed by atoms with E-state index in [1.807, 2.05) is 25.1 Å². The average molecular weight is 316 g/mol. The van der Waals surface area contributed by atoms with E-state index in [0.29, 0.717) is 19.3 Å². The minimum absolute atomic E-state index is 0.00774. The summed E-state index contributed by atoms with van der Waals surface area (Å²) in [5, 5.41) is 16.2. The maximum absolute atomic E-state index is 12.2. The summed E-state index contributed by atoms with van der Waals surface area (Å²) in [7, 11) is 0. The molecule has 0 radical (unpaired) electrons. The summed E-state index contributed by atoms with van der Waals surface area (Å²) in [6.45, 7) is 1.93. The minimum atomic E-state index is -0.837. The zero-order valence-corrected chi connectivity index (χ0v) is 13.5. The Morgan fingerprint density at radius 3 is 2.83 bits per heavy atom. The molecule has 3 rings (SSSR count). The Labute approximate surface area is 136 Å². The van der Waals surface area contributed by atoms with Crippen LogP contribution in [-0.4, -0.2) is 22.5 Å². The zero-order chi connectivity index (χ0) is 16.4.